The van der Waals surface area contributed by atoms with Crippen molar-refractivity contribution in [1.82, 2.24) is 0 Å². The third-order valence-electron chi connectivity index (χ3n) is 5.34. The summed E-state index contributed by atoms with van der Waals surface area (Å²) in [5.41, 5.74) is 0. The monoisotopic (exact) mass is 520 g/mol. The number of alkyl halides is 1. The molecule has 0 aliphatic heterocycles. The van der Waals surface area contributed by atoms with Crippen molar-refractivity contribution in [3.05, 3.63) is 0 Å². The van der Waals surface area contributed by atoms with Gasteiger partial charge < -0.3 is 0 Å². The molecule has 0 heterocycles. The Morgan fingerprint density at radius 3 is 0.815 bits per heavy atom. The first-order valence-electron chi connectivity index (χ1n) is 11.7. The van der Waals surface area contributed by atoms with Gasteiger partial charge in [0, 0.05) is 5.33 Å². The fraction of sp³-hybridized carbons (Fsp3) is 1.00. The third-order valence-corrected chi connectivity index (χ3v) is 8.53. The summed E-state index contributed by atoms with van der Waals surface area (Å²) < 4.78 is 0. The van der Waals surface area contributed by atoms with Gasteiger partial charge in [-0.3, -0.25) is 0 Å². The maximum Gasteiger partial charge on any atom is 0.341 e. The molecule has 0 unspecified atom stereocenters. The molecule has 5 heteroatoms. The van der Waals surface area contributed by atoms with Crippen molar-refractivity contribution in [3.8, 4) is 0 Å². The highest BCUT2D eigenvalue weighted by molar-refractivity contribution is 9.09. The second-order valence-corrected chi connectivity index (χ2v) is 18.2. The zero-order valence-corrected chi connectivity index (χ0v) is 22.4. The van der Waals surface area contributed by atoms with E-state index in [4.69, 9.17) is 33.2 Å². The minimum Gasteiger partial charge on any atom is -0.126 e. The lowest BCUT2D eigenvalue weighted by molar-refractivity contribution is 0.523. The van der Waals surface area contributed by atoms with E-state index < -0.39 is 6.00 Å². The molecule has 0 aliphatic carbocycles. The first-order chi connectivity index (χ1) is 13.1. The van der Waals surface area contributed by atoms with Gasteiger partial charge in [0.25, 0.3) is 0 Å². The molecule has 0 aliphatic rings. The van der Waals surface area contributed by atoms with Crippen LogP contribution in [0.15, 0.2) is 0 Å². The summed E-state index contributed by atoms with van der Waals surface area (Å²) in [5.74, 6) is 0. The standard InChI is InChI=1S/C22H44BrCl3Si/c23-21-19-17-15-13-11-9-7-5-3-1-2-4-6-8-10-12-14-16-18-20-22-27(24,25)26/h1-22H2. The van der Waals surface area contributed by atoms with E-state index >= 15 is 0 Å². The number of halogens is 4. The first kappa shape index (κ1) is 28.6. The van der Waals surface area contributed by atoms with E-state index in [2.05, 4.69) is 15.9 Å². The summed E-state index contributed by atoms with van der Waals surface area (Å²) in [4.78, 5) is 0. The number of hydrogen-bond donors (Lipinski definition) is 0. The Kier molecular flexibility index (Phi) is 23.5. The lowest BCUT2D eigenvalue weighted by atomic mass is 10.0. The van der Waals surface area contributed by atoms with Crippen molar-refractivity contribution in [1.29, 1.82) is 0 Å². The van der Waals surface area contributed by atoms with E-state index in [1.165, 1.54) is 127 Å². The van der Waals surface area contributed by atoms with Crippen LogP contribution in [0.25, 0.3) is 0 Å². The maximum absolute atomic E-state index is 5.89. The van der Waals surface area contributed by atoms with Gasteiger partial charge in [-0.25, -0.2) is 0 Å². The summed E-state index contributed by atoms with van der Waals surface area (Å²) in [6, 6.07) is -1.53. The average Bonchev–Trinajstić information content (AvgIpc) is 2.62. The van der Waals surface area contributed by atoms with Crippen molar-refractivity contribution in [2.75, 3.05) is 5.33 Å². The van der Waals surface area contributed by atoms with Crippen LogP contribution in [0.3, 0.4) is 0 Å². The van der Waals surface area contributed by atoms with Gasteiger partial charge in [-0.05, 0) is 12.5 Å². The van der Waals surface area contributed by atoms with Crippen LogP contribution in [0.4, 0.5) is 0 Å². The Morgan fingerprint density at radius 2 is 0.593 bits per heavy atom. The van der Waals surface area contributed by atoms with Gasteiger partial charge >= 0.3 is 6.00 Å². The fourth-order valence-corrected chi connectivity index (χ4v) is 5.85. The number of unbranched alkanes of at least 4 members (excludes halogenated alkanes) is 19. The maximum atomic E-state index is 5.89. The molecule has 27 heavy (non-hydrogen) atoms. The summed E-state index contributed by atoms with van der Waals surface area (Å²) in [7, 11) is 0. The molecule has 0 nitrogen and oxygen atoms in total. The first-order valence-corrected chi connectivity index (χ1v) is 18.1. The van der Waals surface area contributed by atoms with Gasteiger partial charge in [-0.15, -0.1) is 33.2 Å². The Labute approximate surface area is 194 Å². The van der Waals surface area contributed by atoms with Gasteiger partial charge in [0.15, 0.2) is 0 Å². The van der Waals surface area contributed by atoms with E-state index in [9.17, 15) is 0 Å². The van der Waals surface area contributed by atoms with Gasteiger partial charge in [0.1, 0.15) is 0 Å². The summed E-state index contributed by atoms with van der Waals surface area (Å²) in [6.45, 7) is 0. The Bertz CT molecular complexity index is 285. The van der Waals surface area contributed by atoms with Crippen LogP contribution >= 0.6 is 49.2 Å². The van der Waals surface area contributed by atoms with E-state index in [-0.39, 0.29) is 0 Å². The molecule has 0 aromatic rings. The SMILES string of the molecule is Cl[Si](Cl)(Cl)CCCCCCCCCCCCCCCCCCCCCCBr. The van der Waals surface area contributed by atoms with Gasteiger partial charge in [0.05, 0.1) is 0 Å². The zero-order chi connectivity index (χ0) is 20.1. The van der Waals surface area contributed by atoms with E-state index in [1.54, 1.807) is 0 Å². The summed E-state index contributed by atoms with van der Waals surface area (Å²) in [6.07, 6.45) is 28.0. The molecular weight excluding hydrogens is 479 g/mol. The Balaban J connectivity index is 3.01. The molecule has 0 N–H and O–H groups in total. The zero-order valence-electron chi connectivity index (χ0n) is 17.6. The van der Waals surface area contributed by atoms with Crippen LogP contribution in [-0.2, 0) is 0 Å². The highest BCUT2D eigenvalue weighted by atomic mass is 79.9. The number of rotatable bonds is 22. The third kappa shape index (κ3) is 27.6. The second-order valence-electron chi connectivity index (χ2n) is 8.13. The molecule has 0 radical (unpaired) electrons. The van der Waals surface area contributed by atoms with Crippen molar-refractivity contribution < 1.29 is 0 Å². The predicted octanol–water partition coefficient (Wildman–Crippen LogP) is 10.8. The number of hydrogen-bond acceptors (Lipinski definition) is 0. The molecule has 0 saturated carbocycles. The lowest BCUT2D eigenvalue weighted by Crippen LogP contribution is -2.07. The van der Waals surface area contributed by atoms with Crippen LogP contribution < -0.4 is 0 Å². The quantitative estimate of drug-likeness (QED) is 0.0574. The summed E-state index contributed by atoms with van der Waals surface area (Å²) >= 11 is 21.2. The van der Waals surface area contributed by atoms with Crippen molar-refractivity contribution in [3.63, 3.8) is 0 Å². The summed E-state index contributed by atoms with van der Waals surface area (Å²) in [5, 5.41) is 1.18. The van der Waals surface area contributed by atoms with Crippen LogP contribution in [0.2, 0.25) is 6.04 Å². The Morgan fingerprint density at radius 1 is 0.370 bits per heavy atom. The fourth-order valence-electron chi connectivity index (χ4n) is 3.60. The smallest absolute Gasteiger partial charge is 0.126 e. The minimum absolute atomic E-state index is 0.829. The van der Waals surface area contributed by atoms with E-state index in [1.807, 2.05) is 0 Å². The molecule has 0 rings (SSSR count). The van der Waals surface area contributed by atoms with Crippen LogP contribution in [0.5, 0.6) is 0 Å². The lowest BCUT2D eigenvalue weighted by Gasteiger charge is -2.07. The average molecular weight is 523 g/mol. The van der Waals surface area contributed by atoms with Crippen molar-refractivity contribution in [2.24, 2.45) is 0 Å². The molecular formula is C22H44BrCl3Si. The van der Waals surface area contributed by atoms with E-state index in [0.717, 1.165) is 12.5 Å². The molecule has 0 amide bonds. The normalized spacial score (nSPS) is 12.0. The van der Waals surface area contributed by atoms with Crippen molar-refractivity contribution >= 4 is 55.2 Å². The molecule has 0 saturated heterocycles. The van der Waals surface area contributed by atoms with Crippen molar-refractivity contribution in [2.45, 2.75) is 134 Å². The largest absolute Gasteiger partial charge is 0.341 e. The van der Waals surface area contributed by atoms with Crippen LogP contribution in [0, 0.1) is 0 Å². The molecule has 0 bridgehead atoms. The van der Waals surface area contributed by atoms with Gasteiger partial charge in [-0.1, -0.05) is 138 Å². The van der Waals surface area contributed by atoms with Crippen LogP contribution in [-0.4, -0.2) is 11.3 Å². The highest BCUT2D eigenvalue weighted by Gasteiger charge is 2.23. The Hall–Kier alpha value is 1.57. The molecule has 164 valence electrons. The highest BCUT2D eigenvalue weighted by Crippen LogP contribution is 2.27. The predicted molar refractivity (Wildman–Crippen MR) is 134 cm³/mol. The minimum atomic E-state index is -2.36. The molecule has 0 fully saturated rings. The topological polar surface area (TPSA) is 0 Å². The van der Waals surface area contributed by atoms with E-state index in [0.29, 0.717) is 0 Å². The van der Waals surface area contributed by atoms with Crippen LogP contribution in [0.1, 0.15) is 128 Å². The molecule has 0 spiro atoms. The molecule has 0 aromatic heterocycles. The van der Waals surface area contributed by atoms with Gasteiger partial charge in [0.2, 0.25) is 0 Å². The molecule has 0 atom stereocenters. The second kappa shape index (κ2) is 22.3. The molecule has 0 aromatic carbocycles. The van der Waals surface area contributed by atoms with Gasteiger partial charge in [-0.2, -0.15) is 0 Å².